The minimum atomic E-state index is -0.794. The van der Waals surface area contributed by atoms with Crippen molar-refractivity contribution in [2.24, 2.45) is 0 Å². The standard InChI is InChI=1S/C71H122O6/c1-4-7-10-13-16-19-22-25-27-29-31-33-35-37-39-41-43-46-49-52-55-58-61-64-70(73)76-67-68(66-75-69(72)63-60-57-54-51-48-45-24-21-18-15-12-9-6-3)77-71(74)65-62-59-56-53-50-47-44-42-40-38-36-34-32-30-28-26-23-20-17-14-11-8-5-2/h7,10,16,19,21,24-25,27,30-33,37,39,43,46,68H,4-6,8-9,11-15,17-18,20,22-23,26,28-29,34-36,38,40-42,44-45,47-67H2,1-3H3/b10-7-,19-16-,24-21-,27-25-,32-30-,33-31-,39-37-,46-43-. The molecule has 0 saturated heterocycles. The molecule has 0 fully saturated rings. The number of esters is 3. The number of allylic oxidation sites excluding steroid dienone is 16. The van der Waals surface area contributed by atoms with Crippen LogP contribution in [0, 0.1) is 0 Å². The Bertz CT molecular complexity index is 1510. The van der Waals surface area contributed by atoms with Gasteiger partial charge in [-0.25, -0.2) is 0 Å². The summed E-state index contributed by atoms with van der Waals surface area (Å²) in [6.45, 7) is 6.51. The molecule has 0 aliphatic rings. The SMILES string of the molecule is CC/C=C\C/C=C\C/C=C\C/C=C\C/C=C\C/C=C\CCCCCCC(=O)OCC(COC(=O)CCCCCCC/C=C\CCCCCC)OC(=O)CCCCCCCCCCCCC/C=C\CCCCCCCCCC. The van der Waals surface area contributed by atoms with E-state index in [0.717, 1.165) is 116 Å². The maximum Gasteiger partial charge on any atom is 0.306 e. The molecule has 0 saturated carbocycles. The Labute approximate surface area is 477 Å². The van der Waals surface area contributed by atoms with Crippen LogP contribution in [0.3, 0.4) is 0 Å². The van der Waals surface area contributed by atoms with Crippen LogP contribution in [-0.4, -0.2) is 37.2 Å². The Kier molecular flexibility index (Phi) is 61.8. The van der Waals surface area contributed by atoms with Crippen LogP contribution in [0.5, 0.6) is 0 Å². The van der Waals surface area contributed by atoms with Gasteiger partial charge in [0.2, 0.25) is 0 Å². The third-order valence-corrected chi connectivity index (χ3v) is 14.0. The third-order valence-electron chi connectivity index (χ3n) is 14.0. The minimum absolute atomic E-state index is 0.0896. The number of hydrogen-bond acceptors (Lipinski definition) is 6. The summed E-state index contributed by atoms with van der Waals surface area (Å²) >= 11 is 0. The first-order valence-corrected chi connectivity index (χ1v) is 32.7. The first kappa shape index (κ1) is 73.3. The number of hydrogen-bond donors (Lipinski definition) is 0. The van der Waals surface area contributed by atoms with Crippen LogP contribution in [0.2, 0.25) is 0 Å². The molecular weight excluding hydrogens is 949 g/mol. The van der Waals surface area contributed by atoms with E-state index in [9.17, 15) is 14.4 Å². The van der Waals surface area contributed by atoms with Crippen molar-refractivity contribution in [3.05, 3.63) is 97.2 Å². The second-order valence-corrected chi connectivity index (χ2v) is 21.6. The second kappa shape index (κ2) is 64.9. The van der Waals surface area contributed by atoms with E-state index in [2.05, 4.69) is 118 Å². The average molecular weight is 1070 g/mol. The van der Waals surface area contributed by atoms with Gasteiger partial charge in [-0.05, 0) is 122 Å². The fourth-order valence-electron chi connectivity index (χ4n) is 9.14. The molecule has 0 amide bonds. The Hall–Kier alpha value is -3.67. The van der Waals surface area contributed by atoms with Crippen molar-refractivity contribution in [3.8, 4) is 0 Å². The number of carbonyl (C=O) groups is 3. The molecule has 0 bridgehead atoms. The van der Waals surface area contributed by atoms with Gasteiger partial charge in [-0.1, -0.05) is 272 Å². The average Bonchev–Trinajstić information content (AvgIpc) is 3.43. The van der Waals surface area contributed by atoms with Gasteiger partial charge in [-0.15, -0.1) is 0 Å². The lowest BCUT2D eigenvalue weighted by atomic mass is 10.0. The number of ether oxygens (including phenoxy) is 3. The van der Waals surface area contributed by atoms with E-state index in [4.69, 9.17) is 14.2 Å². The Morgan fingerprint density at radius 2 is 0.506 bits per heavy atom. The number of carbonyl (C=O) groups excluding carboxylic acids is 3. The van der Waals surface area contributed by atoms with Gasteiger partial charge in [0.1, 0.15) is 13.2 Å². The van der Waals surface area contributed by atoms with Crippen molar-refractivity contribution in [2.45, 2.75) is 322 Å². The topological polar surface area (TPSA) is 78.9 Å². The monoisotopic (exact) mass is 1070 g/mol. The lowest BCUT2D eigenvalue weighted by Crippen LogP contribution is -2.30. The zero-order chi connectivity index (χ0) is 55.7. The molecule has 0 N–H and O–H groups in total. The Morgan fingerprint density at radius 3 is 0.818 bits per heavy atom. The highest BCUT2D eigenvalue weighted by molar-refractivity contribution is 5.71. The normalized spacial score (nSPS) is 12.7. The van der Waals surface area contributed by atoms with Gasteiger partial charge in [-0.3, -0.25) is 14.4 Å². The molecule has 0 aliphatic carbocycles. The van der Waals surface area contributed by atoms with Gasteiger partial charge in [-0.2, -0.15) is 0 Å². The first-order valence-electron chi connectivity index (χ1n) is 32.7. The fraction of sp³-hybridized carbons (Fsp3) is 0.732. The zero-order valence-electron chi connectivity index (χ0n) is 50.7. The molecular formula is C71H122O6. The summed E-state index contributed by atoms with van der Waals surface area (Å²) in [6.07, 6.45) is 87.0. The maximum absolute atomic E-state index is 12.9. The molecule has 0 radical (unpaired) electrons. The predicted octanol–water partition coefficient (Wildman–Crippen LogP) is 22.4. The van der Waals surface area contributed by atoms with E-state index in [1.807, 2.05) is 0 Å². The molecule has 0 aromatic rings. The van der Waals surface area contributed by atoms with Crippen molar-refractivity contribution in [3.63, 3.8) is 0 Å². The van der Waals surface area contributed by atoms with E-state index in [-0.39, 0.29) is 31.1 Å². The quantitative estimate of drug-likeness (QED) is 0.0261. The maximum atomic E-state index is 12.9. The lowest BCUT2D eigenvalue weighted by Gasteiger charge is -2.18. The molecule has 6 heteroatoms. The molecule has 1 atom stereocenters. The second-order valence-electron chi connectivity index (χ2n) is 21.6. The Morgan fingerprint density at radius 1 is 0.273 bits per heavy atom. The smallest absolute Gasteiger partial charge is 0.306 e. The van der Waals surface area contributed by atoms with Gasteiger partial charge in [0, 0.05) is 19.3 Å². The van der Waals surface area contributed by atoms with E-state index in [0.29, 0.717) is 19.3 Å². The van der Waals surface area contributed by atoms with Crippen LogP contribution in [0.4, 0.5) is 0 Å². The summed E-state index contributed by atoms with van der Waals surface area (Å²) in [6, 6.07) is 0. The van der Waals surface area contributed by atoms with Crippen molar-refractivity contribution in [2.75, 3.05) is 13.2 Å². The molecule has 0 aromatic heterocycles. The van der Waals surface area contributed by atoms with Crippen LogP contribution < -0.4 is 0 Å². The van der Waals surface area contributed by atoms with Gasteiger partial charge in [0.15, 0.2) is 6.10 Å². The molecule has 0 aliphatic heterocycles. The summed E-state index contributed by atoms with van der Waals surface area (Å²) in [5.74, 6) is -0.914. The van der Waals surface area contributed by atoms with Crippen molar-refractivity contribution >= 4 is 17.9 Å². The fourth-order valence-corrected chi connectivity index (χ4v) is 9.14. The Balaban J connectivity index is 4.38. The summed E-state index contributed by atoms with van der Waals surface area (Å²) in [7, 11) is 0. The van der Waals surface area contributed by atoms with Crippen LogP contribution in [0.1, 0.15) is 316 Å². The molecule has 442 valence electrons. The molecule has 0 spiro atoms. The van der Waals surface area contributed by atoms with E-state index < -0.39 is 6.10 Å². The van der Waals surface area contributed by atoms with E-state index in [1.165, 1.54) is 161 Å². The highest BCUT2D eigenvalue weighted by Gasteiger charge is 2.19. The highest BCUT2D eigenvalue weighted by Crippen LogP contribution is 2.16. The molecule has 6 nitrogen and oxygen atoms in total. The minimum Gasteiger partial charge on any atom is -0.462 e. The highest BCUT2D eigenvalue weighted by atomic mass is 16.6. The largest absolute Gasteiger partial charge is 0.462 e. The number of unbranched alkanes of at least 4 members (excludes halogenated alkanes) is 32. The molecule has 1 unspecified atom stereocenters. The molecule has 0 aromatic carbocycles. The van der Waals surface area contributed by atoms with Crippen LogP contribution in [-0.2, 0) is 28.6 Å². The van der Waals surface area contributed by atoms with Gasteiger partial charge >= 0.3 is 17.9 Å². The third kappa shape index (κ3) is 63.0. The summed E-state index contributed by atoms with van der Waals surface area (Å²) in [4.78, 5) is 38.3. The van der Waals surface area contributed by atoms with Crippen LogP contribution in [0.15, 0.2) is 97.2 Å². The summed E-state index contributed by atoms with van der Waals surface area (Å²) in [5.41, 5.74) is 0. The molecule has 0 rings (SSSR count). The van der Waals surface area contributed by atoms with Crippen LogP contribution >= 0.6 is 0 Å². The van der Waals surface area contributed by atoms with Crippen molar-refractivity contribution in [1.82, 2.24) is 0 Å². The van der Waals surface area contributed by atoms with Gasteiger partial charge < -0.3 is 14.2 Å². The molecule has 0 heterocycles. The first-order chi connectivity index (χ1) is 38.0. The van der Waals surface area contributed by atoms with Gasteiger partial charge in [0.25, 0.3) is 0 Å². The van der Waals surface area contributed by atoms with Crippen LogP contribution in [0.25, 0.3) is 0 Å². The lowest BCUT2D eigenvalue weighted by molar-refractivity contribution is -0.167. The molecule has 77 heavy (non-hydrogen) atoms. The van der Waals surface area contributed by atoms with Crippen molar-refractivity contribution < 1.29 is 28.6 Å². The summed E-state index contributed by atoms with van der Waals surface area (Å²) in [5, 5.41) is 0. The van der Waals surface area contributed by atoms with Crippen molar-refractivity contribution in [1.29, 1.82) is 0 Å². The predicted molar refractivity (Wildman–Crippen MR) is 334 cm³/mol. The van der Waals surface area contributed by atoms with Gasteiger partial charge in [0.05, 0.1) is 0 Å². The number of rotatable bonds is 59. The zero-order valence-corrected chi connectivity index (χ0v) is 50.7. The van der Waals surface area contributed by atoms with E-state index in [1.54, 1.807) is 0 Å². The van der Waals surface area contributed by atoms with E-state index >= 15 is 0 Å². The summed E-state index contributed by atoms with van der Waals surface area (Å²) < 4.78 is 16.9.